The predicted octanol–water partition coefficient (Wildman–Crippen LogP) is 3.83. The number of nitrogens with one attached hydrogen (secondary N) is 1. The van der Waals surface area contributed by atoms with Gasteiger partial charge in [-0.2, -0.15) is 13.2 Å². The van der Waals surface area contributed by atoms with E-state index in [1.807, 2.05) is 0 Å². The number of amides is 1. The van der Waals surface area contributed by atoms with E-state index in [0.717, 1.165) is 17.1 Å². The van der Waals surface area contributed by atoms with Gasteiger partial charge in [-0.05, 0) is 39.3 Å². The van der Waals surface area contributed by atoms with Gasteiger partial charge in [0.2, 0.25) is 0 Å². The quantitative estimate of drug-likeness (QED) is 0.473. The average molecular weight is 361 g/mol. The number of halogens is 3. The van der Waals surface area contributed by atoms with Crippen LogP contribution in [0.1, 0.15) is 39.7 Å². The van der Waals surface area contributed by atoms with Gasteiger partial charge in [0.15, 0.2) is 0 Å². The van der Waals surface area contributed by atoms with Gasteiger partial charge in [-0.3, -0.25) is 5.43 Å². The van der Waals surface area contributed by atoms with Crippen LogP contribution in [0.3, 0.4) is 0 Å². The molecule has 0 fully saturated rings. The van der Waals surface area contributed by atoms with Crippen molar-refractivity contribution in [2.45, 2.75) is 51.9 Å². The van der Waals surface area contributed by atoms with Crippen LogP contribution in [0, 0.1) is 0 Å². The predicted molar refractivity (Wildman–Crippen MR) is 87.7 cm³/mol. The summed E-state index contributed by atoms with van der Waals surface area (Å²) in [6.07, 6.45) is -4.81. The highest BCUT2D eigenvalue weighted by Crippen LogP contribution is 2.37. The Bertz CT molecular complexity index is 627. The lowest BCUT2D eigenvalue weighted by Gasteiger charge is -2.31. The zero-order valence-electron chi connectivity index (χ0n) is 14.5. The lowest BCUT2D eigenvalue weighted by atomic mass is 10.1. The fraction of sp³-hybridized carbons (Fsp3) is 0.500. The first-order chi connectivity index (χ1) is 11.4. The molecule has 1 amide bonds. The van der Waals surface area contributed by atoms with Crippen molar-refractivity contribution < 1.29 is 27.5 Å². The second-order valence-corrected chi connectivity index (χ2v) is 6.34. The minimum absolute atomic E-state index is 0.152. The van der Waals surface area contributed by atoms with Crippen LogP contribution >= 0.6 is 0 Å². The van der Waals surface area contributed by atoms with E-state index in [-0.39, 0.29) is 12.1 Å². The van der Waals surface area contributed by atoms with Gasteiger partial charge in [-0.1, -0.05) is 13.0 Å². The van der Waals surface area contributed by atoms with E-state index >= 15 is 0 Å². The Hall–Kier alpha value is -2.45. The van der Waals surface area contributed by atoms with E-state index in [4.69, 9.17) is 10.5 Å². The van der Waals surface area contributed by atoms with Crippen molar-refractivity contribution in [2.24, 2.45) is 0 Å². The van der Waals surface area contributed by atoms with E-state index in [9.17, 15) is 22.8 Å². The van der Waals surface area contributed by atoms with Crippen molar-refractivity contribution in [3.8, 4) is 0 Å². The highest BCUT2D eigenvalue weighted by atomic mass is 19.4. The third kappa shape index (κ3) is 5.54. The molecule has 0 bridgehead atoms. The summed E-state index contributed by atoms with van der Waals surface area (Å²) in [7, 11) is 0. The number of carbonyl (C=O) groups excluding carboxylic acids is 2. The topological polar surface area (TPSA) is 84.7 Å². The van der Waals surface area contributed by atoms with Gasteiger partial charge in [0.05, 0.1) is 16.9 Å². The Labute approximate surface area is 144 Å². The Morgan fingerprint density at radius 3 is 2.40 bits per heavy atom. The largest absolute Gasteiger partial charge is 0.442 e. The first-order valence-corrected chi connectivity index (χ1v) is 7.60. The number of nitrogen functional groups attached to an aromatic ring is 1. The highest BCUT2D eigenvalue weighted by molar-refractivity contribution is 5.78. The molecule has 3 N–H and O–H groups in total. The summed E-state index contributed by atoms with van der Waals surface area (Å²) in [4.78, 5) is 23.6. The molecule has 0 saturated heterocycles. The SMILES string of the molecule is CC[C@@H](C=O)N(Nc1cccc(C(F)(F)F)c1N)C(=O)OC(C)(C)C. The van der Waals surface area contributed by atoms with E-state index in [1.165, 1.54) is 6.07 Å². The number of nitrogens with two attached hydrogens (primary N) is 1. The summed E-state index contributed by atoms with van der Waals surface area (Å²) in [6.45, 7) is 6.53. The molecular formula is C16H22F3N3O3. The van der Waals surface area contributed by atoms with Gasteiger partial charge >= 0.3 is 12.3 Å². The summed E-state index contributed by atoms with van der Waals surface area (Å²) >= 11 is 0. The van der Waals surface area contributed by atoms with Crippen molar-refractivity contribution in [1.82, 2.24) is 5.01 Å². The van der Waals surface area contributed by atoms with Gasteiger partial charge in [0, 0.05) is 0 Å². The summed E-state index contributed by atoms with van der Waals surface area (Å²) < 4.78 is 44.1. The lowest BCUT2D eigenvalue weighted by molar-refractivity contribution is -0.136. The first kappa shape index (κ1) is 20.6. The Balaban J connectivity index is 3.23. The molecule has 0 spiro atoms. The summed E-state index contributed by atoms with van der Waals surface area (Å²) in [6, 6.07) is 2.31. The van der Waals surface area contributed by atoms with Gasteiger partial charge in [-0.25, -0.2) is 9.80 Å². The molecular weight excluding hydrogens is 339 g/mol. The lowest BCUT2D eigenvalue weighted by Crippen LogP contribution is -2.47. The third-order valence-corrected chi connectivity index (χ3v) is 3.15. The van der Waals surface area contributed by atoms with Gasteiger partial charge in [0.1, 0.15) is 17.9 Å². The standard InChI is InChI=1S/C16H22F3N3O3/c1-5-10(9-23)22(14(24)25-15(2,3)4)21-12-8-6-7-11(13(12)20)16(17,18)19/h6-10,21H,5,20H2,1-4H3/t10-/m0/s1. The number of rotatable bonds is 5. The van der Waals surface area contributed by atoms with Crippen LogP contribution < -0.4 is 11.2 Å². The molecule has 1 rings (SSSR count). The number of ether oxygens (including phenoxy) is 1. The molecule has 1 aromatic rings. The maximum atomic E-state index is 13.0. The maximum Gasteiger partial charge on any atom is 0.429 e. The fourth-order valence-corrected chi connectivity index (χ4v) is 1.95. The molecule has 25 heavy (non-hydrogen) atoms. The summed E-state index contributed by atoms with van der Waals surface area (Å²) in [5.74, 6) is 0. The minimum Gasteiger partial charge on any atom is -0.442 e. The van der Waals surface area contributed by atoms with Crippen LogP contribution in [0.25, 0.3) is 0 Å². The minimum atomic E-state index is -4.65. The highest BCUT2D eigenvalue weighted by Gasteiger charge is 2.34. The molecule has 0 aromatic heterocycles. The molecule has 0 radical (unpaired) electrons. The number of para-hydroxylation sites is 1. The van der Waals surface area contributed by atoms with Crippen molar-refractivity contribution in [3.63, 3.8) is 0 Å². The fourth-order valence-electron chi connectivity index (χ4n) is 1.95. The Morgan fingerprint density at radius 1 is 1.36 bits per heavy atom. The van der Waals surface area contributed by atoms with E-state index in [0.29, 0.717) is 6.29 Å². The summed E-state index contributed by atoms with van der Waals surface area (Å²) in [5, 5.41) is 0.837. The number of hydrogen-bond acceptors (Lipinski definition) is 5. The smallest absolute Gasteiger partial charge is 0.429 e. The van der Waals surface area contributed by atoms with Gasteiger partial charge < -0.3 is 15.3 Å². The number of nitrogens with zero attached hydrogens (tertiary/aromatic N) is 1. The molecule has 9 heteroatoms. The molecule has 0 aliphatic heterocycles. The maximum absolute atomic E-state index is 13.0. The molecule has 0 aliphatic carbocycles. The number of hydrogen-bond donors (Lipinski definition) is 2. The van der Waals surface area contributed by atoms with Crippen LogP contribution in [-0.2, 0) is 15.7 Å². The number of alkyl halides is 3. The van der Waals surface area contributed by atoms with Gasteiger partial charge in [-0.15, -0.1) is 0 Å². The van der Waals surface area contributed by atoms with Crippen LogP contribution in [0.5, 0.6) is 0 Å². The molecule has 140 valence electrons. The van der Waals surface area contributed by atoms with Crippen molar-refractivity contribution in [2.75, 3.05) is 11.2 Å². The number of carbonyl (C=O) groups is 2. The zero-order chi connectivity index (χ0) is 19.4. The van der Waals surface area contributed by atoms with Crippen LogP contribution in [0.2, 0.25) is 0 Å². The number of aldehydes is 1. The first-order valence-electron chi connectivity index (χ1n) is 7.60. The van der Waals surface area contributed by atoms with Crippen LogP contribution in [-0.4, -0.2) is 29.0 Å². The number of anilines is 2. The Morgan fingerprint density at radius 2 is 1.96 bits per heavy atom. The third-order valence-electron chi connectivity index (χ3n) is 3.15. The molecule has 1 aromatic carbocycles. The normalized spacial score (nSPS) is 13.1. The van der Waals surface area contributed by atoms with Gasteiger partial charge in [0.25, 0.3) is 0 Å². The van der Waals surface area contributed by atoms with Crippen LogP contribution in [0.4, 0.5) is 29.3 Å². The number of benzene rings is 1. The molecule has 0 aliphatic rings. The van der Waals surface area contributed by atoms with E-state index in [1.54, 1.807) is 27.7 Å². The Kier molecular flexibility index (Phi) is 6.28. The summed E-state index contributed by atoms with van der Waals surface area (Å²) in [5.41, 5.74) is 5.44. The second-order valence-electron chi connectivity index (χ2n) is 6.34. The second kappa shape index (κ2) is 7.62. The molecule has 1 atom stereocenters. The van der Waals surface area contributed by atoms with Crippen molar-refractivity contribution >= 4 is 23.8 Å². The average Bonchev–Trinajstić information content (AvgIpc) is 2.46. The molecule has 0 unspecified atom stereocenters. The van der Waals surface area contributed by atoms with E-state index in [2.05, 4.69) is 5.43 Å². The zero-order valence-corrected chi connectivity index (χ0v) is 14.5. The monoisotopic (exact) mass is 361 g/mol. The van der Waals surface area contributed by atoms with Crippen LogP contribution in [0.15, 0.2) is 18.2 Å². The molecule has 0 heterocycles. The van der Waals surface area contributed by atoms with E-state index < -0.39 is 35.2 Å². The molecule has 6 nitrogen and oxygen atoms in total. The molecule has 0 saturated carbocycles. The number of hydrazine groups is 1. The van der Waals surface area contributed by atoms with Crippen molar-refractivity contribution in [1.29, 1.82) is 0 Å². The van der Waals surface area contributed by atoms with Crippen molar-refractivity contribution in [3.05, 3.63) is 23.8 Å².